The Morgan fingerprint density at radius 2 is 1.59 bits per heavy atom. The van der Waals surface area contributed by atoms with E-state index in [1.807, 2.05) is 54.3 Å². The van der Waals surface area contributed by atoms with Crippen LogP contribution in [0.4, 0.5) is 11.4 Å². The molecule has 29 heavy (non-hydrogen) atoms. The number of fused-ring (bicyclic) bond motifs is 1. The number of likely N-dealkylation sites (N-methyl/N-ethyl adjacent to an activating group) is 1. The molecule has 0 aliphatic carbocycles. The average molecular weight is 449 g/mol. The summed E-state index contributed by atoms with van der Waals surface area (Å²) in [7, 11) is 0. The largest absolute Gasteiger partial charge is 0.377 e. The molecule has 1 N–H and O–H groups in total. The molecule has 1 heterocycles. The second-order valence-electron chi connectivity index (χ2n) is 7.39. The van der Waals surface area contributed by atoms with Gasteiger partial charge in [0.25, 0.3) is 0 Å². The summed E-state index contributed by atoms with van der Waals surface area (Å²) < 4.78 is 1.03. The third-order valence-corrected chi connectivity index (χ3v) is 6.49. The highest BCUT2D eigenvalue weighted by Crippen LogP contribution is 2.52. The van der Waals surface area contributed by atoms with E-state index in [4.69, 9.17) is 0 Å². The molecule has 3 aromatic carbocycles. The lowest BCUT2D eigenvalue weighted by Crippen LogP contribution is -2.46. The first-order valence-electron chi connectivity index (χ1n) is 10.1. The molecule has 1 amide bonds. The zero-order valence-electron chi connectivity index (χ0n) is 16.7. The number of anilines is 2. The zero-order valence-corrected chi connectivity index (χ0v) is 18.3. The number of benzene rings is 3. The van der Waals surface area contributed by atoms with Crippen molar-refractivity contribution in [2.75, 3.05) is 16.8 Å². The minimum atomic E-state index is -0.670. The molecule has 1 aliphatic rings. The topological polar surface area (TPSA) is 32.3 Å². The maximum Gasteiger partial charge on any atom is 0.240 e. The Bertz CT molecular complexity index is 1000. The van der Waals surface area contributed by atoms with E-state index in [0.29, 0.717) is 13.0 Å². The van der Waals surface area contributed by atoms with Gasteiger partial charge in [0.05, 0.1) is 6.04 Å². The summed E-state index contributed by atoms with van der Waals surface area (Å²) >= 11 is 3.54. The van der Waals surface area contributed by atoms with Gasteiger partial charge in [-0.1, -0.05) is 71.4 Å². The van der Waals surface area contributed by atoms with Crippen molar-refractivity contribution in [1.82, 2.24) is 0 Å². The lowest BCUT2D eigenvalue weighted by atomic mass is 9.70. The SMILES string of the molecule is CCN1C(=O)[C@@](CC)([C@@H](Nc2ccccc2)c2ccc(Br)cc2)c2ccccc21. The lowest BCUT2D eigenvalue weighted by Gasteiger charge is -2.37. The Morgan fingerprint density at radius 1 is 0.931 bits per heavy atom. The van der Waals surface area contributed by atoms with Gasteiger partial charge >= 0.3 is 0 Å². The van der Waals surface area contributed by atoms with E-state index >= 15 is 0 Å². The second-order valence-corrected chi connectivity index (χ2v) is 8.30. The fourth-order valence-electron chi connectivity index (χ4n) is 4.54. The van der Waals surface area contributed by atoms with Crippen LogP contribution in [-0.4, -0.2) is 12.5 Å². The summed E-state index contributed by atoms with van der Waals surface area (Å²) in [6, 6.07) is 26.5. The van der Waals surface area contributed by atoms with Gasteiger partial charge in [-0.2, -0.15) is 0 Å². The third kappa shape index (κ3) is 3.25. The predicted molar refractivity (Wildman–Crippen MR) is 123 cm³/mol. The molecule has 0 fully saturated rings. The molecular weight excluding hydrogens is 424 g/mol. The molecule has 4 heteroatoms. The van der Waals surface area contributed by atoms with Crippen LogP contribution in [0.2, 0.25) is 0 Å². The Kier molecular flexibility index (Phi) is 5.46. The molecule has 0 saturated heterocycles. The number of carbonyl (C=O) groups excluding carboxylic acids is 1. The van der Waals surface area contributed by atoms with Crippen LogP contribution >= 0.6 is 15.9 Å². The van der Waals surface area contributed by atoms with E-state index in [1.54, 1.807) is 0 Å². The van der Waals surface area contributed by atoms with Crippen molar-refractivity contribution < 1.29 is 4.79 Å². The van der Waals surface area contributed by atoms with Crippen LogP contribution in [0.3, 0.4) is 0 Å². The van der Waals surface area contributed by atoms with E-state index in [0.717, 1.165) is 27.0 Å². The van der Waals surface area contributed by atoms with Crippen LogP contribution in [0.1, 0.15) is 37.4 Å². The highest BCUT2D eigenvalue weighted by Gasteiger charge is 2.54. The fourth-order valence-corrected chi connectivity index (χ4v) is 4.80. The smallest absolute Gasteiger partial charge is 0.240 e. The lowest BCUT2D eigenvalue weighted by molar-refractivity contribution is -0.123. The molecular formula is C25H25BrN2O. The van der Waals surface area contributed by atoms with Gasteiger partial charge in [0, 0.05) is 22.4 Å². The van der Waals surface area contributed by atoms with Crippen molar-refractivity contribution in [3.8, 4) is 0 Å². The maximum atomic E-state index is 13.9. The van der Waals surface area contributed by atoms with Gasteiger partial charge in [0.1, 0.15) is 5.41 Å². The van der Waals surface area contributed by atoms with Gasteiger partial charge in [0.2, 0.25) is 5.91 Å². The standard InChI is InChI=1S/C25H25BrN2O/c1-3-25(21-12-8-9-13-22(21)28(4-2)24(25)29)23(18-14-16-19(26)17-15-18)27-20-10-6-5-7-11-20/h5-17,23,27H,3-4H2,1-2H3/t23-,25+/m0/s1. The number of nitrogens with zero attached hydrogens (tertiary/aromatic N) is 1. The maximum absolute atomic E-state index is 13.9. The number of halogens is 1. The summed E-state index contributed by atoms with van der Waals surface area (Å²) in [6.45, 7) is 4.82. The number of amides is 1. The summed E-state index contributed by atoms with van der Waals surface area (Å²) in [5.74, 6) is 0.167. The Hall–Kier alpha value is -2.59. The zero-order chi connectivity index (χ0) is 20.4. The van der Waals surface area contributed by atoms with Gasteiger partial charge in [-0.15, -0.1) is 0 Å². The molecule has 0 radical (unpaired) electrons. The highest BCUT2D eigenvalue weighted by molar-refractivity contribution is 9.10. The van der Waals surface area contributed by atoms with Gasteiger partial charge in [-0.3, -0.25) is 4.79 Å². The predicted octanol–water partition coefficient (Wildman–Crippen LogP) is 6.32. The molecule has 3 aromatic rings. The fraction of sp³-hybridized carbons (Fsp3) is 0.240. The van der Waals surface area contributed by atoms with E-state index in [-0.39, 0.29) is 11.9 Å². The van der Waals surface area contributed by atoms with Crippen LogP contribution in [0.15, 0.2) is 83.3 Å². The summed E-state index contributed by atoms with van der Waals surface area (Å²) in [4.78, 5) is 15.8. The Labute approximate surface area is 180 Å². The van der Waals surface area contributed by atoms with Crippen LogP contribution in [-0.2, 0) is 10.2 Å². The normalized spacial score (nSPS) is 19.1. The van der Waals surface area contributed by atoms with Crippen molar-refractivity contribution in [3.05, 3.63) is 94.5 Å². The number of carbonyl (C=O) groups is 1. The monoisotopic (exact) mass is 448 g/mol. The van der Waals surface area contributed by atoms with E-state index in [2.05, 4.69) is 64.6 Å². The minimum absolute atomic E-state index is 0.167. The molecule has 0 unspecified atom stereocenters. The summed E-state index contributed by atoms with van der Waals surface area (Å²) in [5, 5.41) is 3.70. The van der Waals surface area contributed by atoms with Gasteiger partial charge in [0.15, 0.2) is 0 Å². The van der Waals surface area contributed by atoms with Crippen LogP contribution in [0.25, 0.3) is 0 Å². The molecule has 148 valence electrons. The van der Waals surface area contributed by atoms with Gasteiger partial charge in [-0.05, 0) is 54.8 Å². The third-order valence-electron chi connectivity index (χ3n) is 5.96. The van der Waals surface area contributed by atoms with E-state index < -0.39 is 5.41 Å². The minimum Gasteiger partial charge on any atom is -0.377 e. The molecule has 0 spiro atoms. The molecule has 0 aromatic heterocycles. The van der Waals surface area contributed by atoms with Crippen molar-refractivity contribution in [1.29, 1.82) is 0 Å². The molecule has 1 aliphatic heterocycles. The number of hydrogen-bond donors (Lipinski definition) is 1. The summed E-state index contributed by atoms with van der Waals surface area (Å²) in [5.41, 5.74) is 3.56. The number of nitrogens with one attached hydrogen (secondary N) is 1. The quantitative estimate of drug-likeness (QED) is 0.478. The highest BCUT2D eigenvalue weighted by atomic mass is 79.9. The number of hydrogen-bond acceptors (Lipinski definition) is 2. The average Bonchev–Trinajstić information content (AvgIpc) is 3.01. The molecule has 3 nitrogen and oxygen atoms in total. The number of para-hydroxylation sites is 2. The first-order valence-corrected chi connectivity index (χ1v) is 10.9. The van der Waals surface area contributed by atoms with Crippen molar-refractivity contribution in [3.63, 3.8) is 0 Å². The molecule has 2 atom stereocenters. The molecule has 4 rings (SSSR count). The van der Waals surface area contributed by atoms with Gasteiger partial charge in [-0.25, -0.2) is 0 Å². The first kappa shape index (κ1) is 19.7. The van der Waals surface area contributed by atoms with Crippen LogP contribution < -0.4 is 10.2 Å². The van der Waals surface area contributed by atoms with Crippen molar-refractivity contribution in [2.45, 2.75) is 31.7 Å². The summed E-state index contributed by atoms with van der Waals surface area (Å²) in [6.07, 6.45) is 0.708. The van der Waals surface area contributed by atoms with Crippen LogP contribution in [0, 0.1) is 0 Å². The Balaban J connectivity index is 1.92. The van der Waals surface area contributed by atoms with Crippen LogP contribution in [0.5, 0.6) is 0 Å². The van der Waals surface area contributed by atoms with Gasteiger partial charge < -0.3 is 10.2 Å². The number of rotatable bonds is 6. The van der Waals surface area contributed by atoms with Crippen molar-refractivity contribution in [2.24, 2.45) is 0 Å². The first-order chi connectivity index (χ1) is 14.1. The Morgan fingerprint density at radius 3 is 2.24 bits per heavy atom. The van der Waals surface area contributed by atoms with E-state index in [9.17, 15) is 4.79 Å². The second kappa shape index (κ2) is 8.03. The molecule has 0 saturated carbocycles. The molecule has 0 bridgehead atoms. The van der Waals surface area contributed by atoms with Crippen molar-refractivity contribution >= 4 is 33.2 Å². The van der Waals surface area contributed by atoms with E-state index in [1.165, 1.54) is 0 Å².